The van der Waals surface area contributed by atoms with Gasteiger partial charge in [-0.1, -0.05) is 171 Å². The van der Waals surface area contributed by atoms with E-state index in [-0.39, 0.29) is 0 Å². The van der Waals surface area contributed by atoms with Gasteiger partial charge in [-0.2, -0.15) is 0 Å². The molecule has 4 aliphatic carbocycles. The molecule has 4 aliphatic rings. The Balaban J connectivity index is 1.58. The maximum Gasteiger partial charge on any atom is 0.0230 e. The van der Waals surface area contributed by atoms with Crippen LogP contribution in [0.25, 0.3) is 6.08 Å². The topological polar surface area (TPSA) is 0 Å². The summed E-state index contributed by atoms with van der Waals surface area (Å²) in [6.07, 6.45) is 42.6. The van der Waals surface area contributed by atoms with Crippen LogP contribution in [-0.4, -0.2) is 0 Å². The molecule has 3 saturated carbocycles. The van der Waals surface area contributed by atoms with E-state index < -0.39 is 0 Å². The van der Waals surface area contributed by atoms with E-state index in [4.69, 9.17) is 0 Å². The molecular formula is C39H62. The summed E-state index contributed by atoms with van der Waals surface area (Å²) < 4.78 is 0. The van der Waals surface area contributed by atoms with Crippen LogP contribution in [0, 0.1) is 17.8 Å². The van der Waals surface area contributed by atoms with Crippen LogP contribution in [0.5, 0.6) is 0 Å². The first-order valence-corrected chi connectivity index (χ1v) is 18.2. The molecule has 0 amide bonds. The van der Waals surface area contributed by atoms with Crippen LogP contribution in [0.4, 0.5) is 0 Å². The van der Waals surface area contributed by atoms with Crippen molar-refractivity contribution in [3.05, 3.63) is 41.0 Å². The van der Waals surface area contributed by atoms with Gasteiger partial charge in [0.2, 0.25) is 0 Å². The van der Waals surface area contributed by atoms with Crippen LogP contribution in [0.15, 0.2) is 29.8 Å². The smallest absolute Gasteiger partial charge is 0.0230 e. The molecule has 0 heterocycles. The van der Waals surface area contributed by atoms with Gasteiger partial charge in [-0.3, -0.25) is 0 Å². The van der Waals surface area contributed by atoms with E-state index in [1.165, 1.54) is 173 Å². The minimum atomic E-state index is 0.323. The highest BCUT2D eigenvalue weighted by Gasteiger charge is 2.52. The summed E-state index contributed by atoms with van der Waals surface area (Å²) >= 11 is 0. The molecule has 0 unspecified atom stereocenters. The Morgan fingerprint density at radius 3 is 1.21 bits per heavy atom. The van der Waals surface area contributed by atoms with E-state index in [2.05, 4.69) is 30.3 Å². The number of fused-ring (bicyclic) bond motifs is 1. The standard InChI is InChI=1S/C39H62/c1-4-10-16-24-33(25-17-11-5-1)38-32-34-26-22-23-31-37(34)39(38,35-27-18-12-6-2-7-13-19-28-35)36-29-20-14-8-3-9-15-21-30-36/h22-23,26,31-33,35-36H,1-21,24-25,27-30H2. The predicted octanol–water partition coefficient (Wildman–Crippen LogP) is 12.7. The Labute approximate surface area is 243 Å². The van der Waals surface area contributed by atoms with Gasteiger partial charge in [0, 0.05) is 5.41 Å². The van der Waals surface area contributed by atoms with E-state index >= 15 is 0 Å². The molecule has 0 aliphatic heterocycles. The highest BCUT2D eigenvalue weighted by Crippen LogP contribution is 2.60. The molecule has 0 atom stereocenters. The summed E-state index contributed by atoms with van der Waals surface area (Å²) in [4.78, 5) is 0. The van der Waals surface area contributed by atoms with Gasteiger partial charge in [-0.25, -0.2) is 0 Å². The first-order valence-electron chi connectivity index (χ1n) is 18.2. The Kier molecular flexibility index (Phi) is 11.9. The van der Waals surface area contributed by atoms with Crippen molar-refractivity contribution in [1.82, 2.24) is 0 Å². The highest BCUT2D eigenvalue weighted by molar-refractivity contribution is 5.71. The van der Waals surface area contributed by atoms with Crippen molar-refractivity contribution in [2.75, 3.05) is 0 Å². The van der Waals surface area contributed by atoms with E-state index in [0.717, 1.165) is 17.8 Å². The third-order valence-corrected chi connectivity index (χ3v) is 11.7. The van der Waals surface area contributed by atoms with E-state index in [1.54, 1.807) is 11.1 Å². The van der Waals surface area contributed by atoms with Gasteiger partial charge >= 0.3 is 0 Å². The summed E-state index contributed by atoms with van der Waals surface area (Å²) in [6, 6.07) is 9.91. The zero-order valence-electron chi connectivity index (χ0n) is 25.7. The van der Waals surface area contributed by atoms with Crippen molar-refractivity contribution in [2.45, 2.75) is 179 Å². The fourth-order valence-corrected chi connectivity index (χ4v) is 9.79. The monoisotopic (exact) mass is 530 g/mol. The third kappa shape index (κ3) is 7.43. The number of hydrogen-bond acceptors (Lipinski definition) is 0. The molecule has 218 valence electrons. The number of hydrogen-bond donors (Lipinski definition) is 0. The molecular weight excluding hydrogens is 468 g/mol. The van der Waals surface area contributed by atoms with Gasteiger partial charge in [0.1, 0.15) is 0 Å². The lowest BCUT2D eigenvalue weighted by Gasteiger charge is -2.50. The van der Waals surface area contributed by atoms with Crippen molar-refractivity contribution in [3.8, 4) is 0 Å². The van der Waals surface area contributed by atoms with Gasteiger partial charge in [0.25, 0.3) is 0 Å². The molecule has 1 aromatic carbocycles. The molecule has 0 bridgehead atoms. The average Bonchev–Trinajstić information content (AvgIpc) is 3.33. The zero-order valence-corrected chi connectivity index (χ0v) is 25.7. The predicted molar refractivity (Wildman–Crippen MR) is 171 cm³/mol. The summed E-state index contributed by atoms with van der Waals surface area (Å²) in [7, 11) is 0. The fraction of sp³-hybridized carbons (Fsp3) is 0.795. The van der Waals surface area contributed by atoms with Crippen molar-refractivity contribution < 1.29 is 0 Å². The minimum absolute atomic E-state index is 0.323. The zero-order chi connectivity index (χ0) is 26.6. The molecule has 5 rings (SSSR count). The van der Waals surface area contributed by atoms with Crippen LogP contribution < -0.4 is 0 Å². The maximum atomic E-state index is 2.82. The van der Waals surface area contributed by atoms with Gasteiger partial charge in [0.15, 0.2) is 0 Å². The normalized spacial score (nSPS) is 26.3. The SMILES string of the molecule is C1=C(C2CCCCCCCCC2)C(C2CCCCCCCCC2)(C2CCCCCCCCC2)c2ccccc21. The molecule has 0 aromatic heterocycles. The fourth-order valence-electron chi connectivity index (χ4n) is 9.79. The van der Waals surface area contributed by atoms with Crippen LogP contribution in [0.2, 0.25) is 0 Å². The second-order valence-corrected chi connectivity index (χ2v) is 14.3. The lowest BCUT2D eigenvalue weighted by Crippen LogP contribution is -2.45. The third-order valence-electron chi connectivity index (χ3n) is 11.7. The number of benzene rings is 1. The molecule has 0 spiro atoms. The molecule has 1 aromatic rings. The quantitative estimate of drug-likeness (QED) is 0.364. The summed E-state index contributed by atoms with van der Waals surface area (Å²) in [5.74, 6) is 2.53. The van der Waals surface area contributed by atoms with Crippen molar-refractivity contribution >= 4 is 6.08 Å². The van der Waals surface area contributed by atoms with E-state index in [1.807, 2.05) is 5.57 Å². The van der Waals surface area contributed by atoms with Crippen molar-refractivity contribution in [1.29, 1.82) is 0 Å². The summed E-state index contributed by atoms with van der Waals surface area (Å²) in [5, 5.41) is 0. The summed E-state index contributed by atoms with van der Waals surface area (Å²) in [5.41, 5.74) is 5.71. The molecule has 0 radical (unpaired) electrons. The van der Waals surface area contributed by atoms with Gasteiger partial charge < -0.3 is 0 Å². The van der Waals surface area contributed by atoms with E-state index in [9.17, 15) is 0 Å². The van der Waals surface area contributed by atoms with E-state index in [0.29, 0.717) is 5.41 Å². The van der Waals surface area contributed by atoms with Gasteiger partial charge in [-0.05, 0) is 67.4 Å². The van der Waals surface area contributed by atoms with Crippen LogP contribution in [0.1, 0.15) is 184 Å². The van der Waals surface area contributed by atoms with Crippen LogP contribution in [-0.2, 0) is 5.41 Å². The molecule has 0 N–H and O–H groups in total. The Hall–Kier alpha value is -1.04. The lowest BCUT2D eigenvalue weighted by molar-refractivity contribution is 0.141. The van der Waals surface area contributed by atoms with Crippen LogP contribution in [0.3, 0.4) is 0 Å². The lowest BCUT2D eigenvalue weighted by atomic mass is 9.53. The largest absolute Gasteiger partial charge is 0.0619 e. The van der Waals surface area contributed by atoms with Gasteiger partial charge in [0.05, 0.1) is 0 Å². The first-order chi connectivity index (χ1) is 19.4. The maximum absolute atomic E-state index is 2.82. The molecule has 3 fully saturated rings. The minimum Gasteiger partial charge on any atom is -0.0619 e. The van der Waals surface area contributed by atoms with Crippen LogP contribution >= 0.6 is 0 Å². The Morgan fingerprint density at radius 1 is 0.410 bits per heavy atom. The summed E-state index contributed by atoms with van der Waals surface area (Å²) in [6.45, 7) is 0. The molecule has 0 nitrogen and oxygen atoms in total. The Morgan fingerprint density at radius 2 is 0.769 bits per heavy atom. The second-order valence-electron chi connectivity index (χ2n) is 14.3. The Bertz CT molecular complexity index is 805. The van der Waals surface area contributed by atoms with Gasteiger partial charge in [-0.15, -0.1) is 0 Å². The number of rotatable bonds is 3. The molecule has 0 saturated heterocycles. The van der Waals surface area contributed by atoms with Crippen molar-refractivity contribution in [2.24, 2.45) is 17.8 Å². The van der Waals surface area contributed by atoms with Crippen molar-refractivity contribution in [3.63, 3.8) is 0 Å². The highest BCUT2D eigenvalue weighted by atomic mass is 14.6. The first kappa shape index (κ1) is 29.5. The molecule has 39 heavy (non-hydrogen) atoms. The molecule has 0 heteroatoms. The average molecular weight is 531 g/mol. The number of allylic oxidation sites excluding steroid dienone is 1. The second kappa shape index (κ2) is 15.8.